The van der Waals surface area contributed by atoms with Crippen molar-refractivity contribution in [2.24, 2.45) is 0 Å². The zero-order valence-corrected chi connectivity index (χ0v) is 15.0. The largest absolute Gasteiger partial charge is 0.355 e. The summed E-state index contributed by atoms with van der Waals surface area (Å²) in [7, 11) is 0. The molecule has 2 aromatic carbocycles. The van der Waals surface area contributed by atoms with Crippen molar-refractivity contribution < 1.29 is 4.79 Å². The van der Waals surface area contributed by atoms with Gasteiger partial charge in [-0.1, -0.05) is 55.8 Å². The molecule has 0 saturated heterocycles. The summed E-state index contributed by atoms with van der Waals surface area (Å²) in [5.74, 6) is 0.397. The summed E-state index contributed by atoms with van der Waals surface area (Å²) in [6, 6.07) is 17.9. The standard InChI is InChI=1S/C19H22ClNOS/c1-3-18(23-17-11-9-16(20)10-12-17)19(22)21-13-14(2)15-7-5-4-6-8-15/h4-12,14,18H,3,13H2,1-2H3,(H,21,22). The van der Waals surface area contributed by atoms with Crippen molar-refractivity contribution in [1.82, 2.24) is 5.32 Å². The van der Waals surface area contributed by atoms with Crippen LogP contribution in [-0.4, -0.2) is 17.7 Å². The molecule has 0 aliphatic carbocycles. The monoisotopic (exact) mass is 347 g/mol. The van der Waals surface area contributed by atoms with Crippen molar-refractivity contribution in [3.63, 3.8) is 0 Å². The Balaban J connectivity index is 1.88. The van der Waals surface area contributed by atoms with Gasteiger partial charge in [0.25, 0.3) is 0 Å². The van der Waals surface area contributed by atoms with E-state index >= 15 is 0 Å². The third kappa shape index (κ3) is 5.60. The van der Waals surface area contributed by atoms with Gasteiger partial charge in [-0.25, -0.2) is 0 Å². The Morgan fingerprint density at radius 3 is 2.39 bits per heavy atom. The van der Waals surface area contributed by atoms with Crippen molar-refractivity contribution in [3.05, 3.63) is 65.2 Å². The number of hydrogen-bond acceptors (Lipinski definition) is 2. The molecule has 1 N–H and O–H groups in total. The van der Waals surface area contributed by atoms with E-state index in [0.717, 1.165) is 11.3 Å². The first-order chi connectivity index (χ1) is 11.1. The molecule has 1 amide bonds. The second kappa shape index (κ2) is 8.99. The van der Waals surface area contributed by atoms with Crippen LogP contribution in [0.2, 0.25) is 5.02 Å². The summed E-state index contributed by atoms with van der Waals surface area (Å²) in [4.78, 5) is 13.5. The molecule has 2 unspecified atom stereocenters. The number of benzene rings is 2. The average molecular weight is 348 g/mol. The minimum atomic E-state index is -0.0841. The lowest BCUT2D eigenvalue weighted by molar-refractivity contribution is -0.120. The fourth-order valence-corrected chi connectivity index (χ4v) is 3.37. The van der Waals surface area contributed by atoms with Gasteiger partial charge in [0.2, 0.25) is 5.91 Å². The molecule has 0 radical (unpaired) electrons. The van der Waals surface area contributed by atoms with Crippen molar-refractivity contribution in [3.8, 4) is 0 Å². The second-order valence-electron chi connectivity index (χ2n) is 5.53. The number of halogens is 1. The van der Waals surface area contributed by atoms with Gasteiger partial charge in [0.05, 0.1) is 5.25 Å². The first-order valence-electron chi connectivity index (χ1n) is 7.85. The molecule has 0 bridgehead atoms. The summed E-state index contributed by atoms with van der Waals surface area (Å²) >= 11 is 7.48. The minimum Gasteiger partial charge on any atom is -0.355 e. The van der Waals surface area contributed by atoms with Gasteiger partial charge in [0.15, 0.2) is 0 Å². The number of carbonyl (C=O) groups excluding carboxylic acids is 1. The van der Waals surface area contributed by atoms with Gasteiger partial charge in [-0.3, -0.25) is 4.79 Å². The molecule has 0 aromatic heterocycles. The Morgan fingerprint density at radius 1 is 1.13 bits per heavy atom. The summed E-state index contributed by atoms with van der Waals surface area (Å²) in [5, 5.41) is 3.71. The van der Waals surface area contributed by atoms with Gasteiger partial charge in [0, 0.05) is 16.5 Å². The van der Waals surface area contributed by atoms with E-state index in [1.165, 1.54) is 5.56 Å². The molecular formula is C19H22ClNOS. The quantitative estimate of drug-likeness (QED) is 0.703. The Bertz CT molecular complexity index is 615. The highest BCUT2D eigenvalue weighted by atomic mass is 35.5. The maximum atomic E-state index is 12.4. The van der Waals surface area contributed by atoms with Crippen LogP contribution in [-0.2, 0) is 4.79 Å². The van der Waals surface area contributed by atoms with Crippen LogP contribution in [0.15, 0.2) is 59.5 Å². The Kier molecular flexibility index (Phi) is 7.00. The topological polar surface area (TPSA) is 29.1 Å². The molecule has 2 atom stereocenters. The van der Waals surface area contributed by atoms with E-state index in [9.17, 15) is 4.79 Å². The molecular weight excluding hydrogens is 326 g/mol. The van der Waals surface area contributed by atoms with Crippen LogP contribution >= 0.6 is 23.4 Å². The third-order valence-corrected chi connectivity index (χ3v) is 5.33. The van der Waals surface area contributed by atoms with E-state index in [-0.39, 0.29) is 11.2 Å². The second-order valence-corrected chi connectivity index (χ2v) is 7.24. The Morgan fingerprint density at radius 2 is 1.78 bits per heavy atom. The minimum absolute atomic E-state index is 0.0841. The van der Waals surface area contributed by atoms with E-state index in [0.29, 0.717) is 17.5 Å². The highest BCUT2D eigenvalue weighted by molar-refractivity contribution is 8.00. The molecule has 0 aliphatic heterocycles. The smallest absolute Gasteiger partial charge is 0.233 e. The first kappa shape index (κ1) is 17.9. The maximum Gasteiger partial charge on any atom is 0.233 e. The zero-order valence-electron chi connectivity index (χ0n) is 13.5. The third-order valence-electron chi connectivity index (χ3n) is 3.71. The van der Waals surface area contributed by atoms with E-state index in [2.05, 4.69) is 24.4 Å². The van der Waals surface area contributed by atoms with Crippen molar-refractivity contribution >= 4 is 29.3 Å². The maximum absolute atomic E-state index is 12.4. The van der Waals surface area contributed by atoms with E-state index in [1.807, 2.05) is 49.4 Å². The number of hydrogen-bond donors (Lipinski definition) is 1. The van der Waals surface area contributed by atoms with E-state index in [1.54, 1.807) is 11.8 Å². The summed E-state index contributed by atoms with van der Waals surface area (Å²) < 4.78 is 0. The predicted molar refractivity (Wildman–Crippen MR) is 99.3 cm³/mol. The molecule has 0 aliphatic rings. The van der Waals surface area contributed by atoms with Crippen molar-refractivity contribution in [2.75, 3.05) is 6.54 Å². The van der Waals surface area contributed by atoms with Crippen LogP contribution in [0.4, 0.5) is 0 Å². The number of carbonyl (C=O) groups is 1. The number of amides is 1. The lowest BCUT2D eigenvalue weighted by Crippen LogP contribution is -2.34. The van der Waals surface area contributed by atoms with Crippen LogP contribution in [0.5, 0.6) is 0 Å². The lowest BCUT2D eigenvalue weighted by Gasteiger charge is -2.17. The number of rotatable bonds is 7. The normalized spacial score (nSPS) is 13.3. The Hall–Kier alpha value is -1.45. The highest BCUT2D eigenvalue weighted by Crippen LogP contribution is 2.27. The van der Waals surface area contributed by atoms with Crippen LogP contribution in [0.3, 0.4) is 0 Å². The molecule has 2 nitrogen and oxygen atoms in total. The van der Waals surface area contributed by atoms with Gasteiger partial charge >= 0.3 is 0 Å². The summed E-state index contributed by atoms with van der Waals surface area (Å²) in [6.07, 6.45) is 0.791. The van der Waals surface area contributed by atoms with Gasteiger partial charge in [-0.15, -0.1) is 11.8 Å². The molecule has 0 fully saturated rings. The molecule has 122 valence electrons. The highest BCUT2D eigenvalue weighted by Gasteiger charge is 2.18. The molecule has 2 rings (SSSR count). The van der Waals surface area contributed by atoms with Crippen LogP contribution < -0.4 is 5.32 Å². The molecule has 0 heterocycles. The molecule has 0 saturated carbocycles. The average Bonchev–Trinajstić information content (AvgIpc) is 2.59. The fraction of sp³-hybridized carbons (Fsp3) is 0.316. The first-order valence-corrected chi connectivity index (χ1v) is 9.10. The molecule has 0 spiro atoms. The molecule has 4 heteroatoms. The molecule has 23 heavy (non-hydrogen) atoms. The van der Waals surface area contributed by atoms with Crippen molar-refractivity contribution in [2.45, 2.75) is 36.3 Å². The SMILES string of the molecule is CCC(Sc1ccc(Cl)cc1)C(=O)NCC(C)c1ccccc1. The lowest BCUT2D eigenvalue weighted by atomic mass is 10.0. The number of nitrogens with one attached hydrogen (secondary N) is 1. The predicted octanol–water partition coefficient (Wildman–Crippen LogP) is 5.13. The van der Waals surface area contributed by atoms with Crippen LogP contribution in [0.25, 0.3) is 0 Å². The summed E-state index contributed by atoms with van der Waals surface area (Å²) in [6.45, 7) is 4.82. The van der Waals surface area contributed by atoms with Gasteiger partial charge in [-0.05, 0) is 42.2 Å². The van der Waals surface area contributed by atoms with Gasteiger partial charge in [-0.2, -0.15) is 0 Å². The van der Waals surface area contributed by atoms with Crippen LogP contribution in [0, 0.1) is 0 Å². The van der Waals surface area contributed by atoms with Gasteiger partial charge < -0.3 is 5.32 Å². The number of thioether (sulfide) groups is 1. The van der Waals surface area contributed by atoms with E-state index < -0.39 is 0 Å². The Labute approximate surface area is 147 Å². The van der Waals surface area contributed by atoms with E-state index in [4.69, 9.17) is 11.6 Å². The van der Waals surface area contributed by atoms with Gasteiger partial charge in [0.1, 0.15) is 0 Å². The van der Waals surface area contributed by atoms with Crippen molar-refractivity contribution in [1.29, 1.82) is 0 Å². The summed E-state index contributed by atoms with van der Waals surface area (Å²) in [5.41, 5.74) is 1.24. The molecule has 2 aromatic rings. The van der Waals surface area contributed by atoms with Crippen LogP contribution in [0.1, 0.15) is 31.7 Å². The zero-order chi connectivity index (χ0) is 16.7. The fourth-order valence-electron chi connectivity index (χ4n) is 2.27.